The van der Waals surface area contributed by atoms with E-state index >= 15 is 0 Å². The van der Waals surface area contributed by atoms with Crippen molar-refractivity contribution in [1.29, 1.82) is 0 Å². The molecule has 0 aliphatic rings. The van der Waals surface area contributed by atoms with Gasteiger partial charge in [-0.3, -0.25) is 4.79 Å². The molecule has 1 rings (SSSR count). The van der Waals surface area contributed by atoms with Gasteiger partial charge >= 0.3 is 5.97 Å². The van der Waals surface area contributed by atoms with E-state index in [0.717, 1.165) is 5.01 Å². The molecule has 7 heteroatoms. The molecule has 1 heterocycles. The van der Waals surface area contributed by atoms with Crippen molar-refractivity contribution < 1.29 is 19.4 Å². The van der Waals surface area contributed by atoms with Crippen LogP contribution in [0.5, 0.6) is 0 Å². The van der Waals surface area contributed by atoms with Crippen LogP contribution in [0.2, 0.25) is 0 Å². The number of aliphatic carboxylic acids is 1. The molecule has 1 aromatic heterocycles. The van der Waals surface area contributed by atoms with Crippen LogP contribution in [0, 0.1) is 0 Å². The van der Waals surface area contributed by atoms with Gasteiger partial charge < -0.3 is 15.2 Å². The standard InChI is InChI=1S/C12H18N2O4S/c1-7(2)11-13-6-9(19-11)10(15)14-8(12(16)17)4-5-18-3/h6-8H,4-5H2,1-3H3,(H,14,15)(H,16,17). The number of amides is 1. The molecule has 0 radical (unpaired) electrons. The van der Waals surface area contributed by atoms with Gasteiger partial charge in [-0.05, 0) is 0 Å². The molecule has 106 valence electrons. The van der Waals surface area contributed by atoms with Gasteiger partial charge in [0.1, 0.15) is 10.9 Å². The first-order valence-corrected chi connectivity index (χ1v) is 6.75. The molecule has 0 aromatic carbocycles. The minimum atomic E-state index is -1.07. The number of methoxy groups -OCH3 is 1. The normalized spacial score (nSPS) is 12.4. The quantitative estimate of drug-likeness (QED) is 0.792. The highest BCUT2D eigenvalue weighted by molar-refractivity contribution is 7.13. The van der Waals surface area contributed by atoms with Crippen LogP contribution in [0.15, 0.2) is 6.20 Å². The fraction of sp³-hybridized carbons (Fsp3) is 0.583. The number of nitrogens with one attached hydrogen (secondary N) is 1. The number of rotatable bonds is 7. The van der Waals surface area contributed by atoms with E-state index < -0.39 is 17.9 Å². The summed E-state index contributed by atoms with van der Waals surface area (Å²) in [4.78, 5) is 27.5. The van der Waals surface area contributed by atoms with Gasteiger partial charge in [0, 0.05) is 26.1 Å². The molecule has 0 bridgehead atoms. The van der Waals surface area contributed by atoms with Gasteiger partial charge in [-0.15, -0.1) is 11.3 Å². The Labute approximate surface area is 115 Å². The van der Waals surface area contributed by atoms with E-state index in [1.807, 2.05) is 13.8 Å². The van der Waals surface area contributed by atoms with Gasteiger partial charge in [0.25, 0.3) is 5.91 Å². The fourth-order valence-corrected chi connectivity index (χ4v) is 2.21. The van der Waals surface area contributed by atoms with E-state index in [2.05, 4.69) is 10.3 Å². The van der Waals surface area contributed by atoms with Gasteiger partial charge in [0.2, 0.25) is 0 Å². The number of carboxylic acid groups (broad SMARTS) is 1. The van der Waals surface area contributed by atoms with Crippen molar-refractivity contribution in [3.63, 3.8) is 0 Å². The summed E-state index contributed by atoms with van der Waals surface area (Å²) in [6, 6.07) is -0.947. The first-order chi connectivity index (χ1) is 8.95. The molecule has 2 N–H and O–H groups in total. The molecule has 0 fully saturated rings. The summed E-state index contributed by atoms with van der Waals surface area (Å²) in [5, 5.41) is 12.3. The predicted octanol–water partition coefficient (Wildman–Crippen LogP) is 1.49. The lowest BCUT2D eigenvalue weighted by Crippen LogP contribution is -2.41. The molecule has 0 spiro atoms. The largest absolute Gasteiger partial charge is 0.480 e. The minimum absolute atomic E-state index is 0.230. The Bertz CT molecular complexity index is 445. The van der Waals surface area contributed by atoms with E-state index in [1.54, 1.807) is 0 Å². The van der Waals surface area contributed by atoms with Crippen LogP contribution in [0.25, 0.3) is 0 Å². The molecule has 0 aliphatic heterocycles. The number of carbonyl (C=O) groups is 2. The zero-order valence-corrected chi connectivity index (χ0v) is 12.0. The molecule has 1 atom stereocenters. The Kier molecular flexibility index (Phi) is 5.91. The van der Waals surface area contributed by atoms with E-state index in [0.29, 0.717) is 4.88 Å². The molecule has 1 unspecified atom stereocenters. The maximum absolute atomic E-state index is 11.9. The minimum Gasteiger partial charge on any atom is -0.480 e. The van der Waals surface area contributed by atoms with Gasteiger partial charge in [0.05, 0.1) is 11.2 Å². The summed E-state index contributed by atoms with van der Waals surface area (Å²) in [6.45, 7) is 4.25. The van der Waals surface area contributed by atoms with Crippen LogP contribution in [0.1, 0.15) is 40.9 Å². The maximum Gasteiger partial charge on any atom is 0.326 e. The molecule has 1 amide bonds. The van der Waals surface area contributed by atoms with Crippen molar-refractivity contribution in [2.45, 2.75) is 32.2 Å². The van der Waals surface area contributed by atoms with Crippen LogP contribution < -0.4 is 5.32 Å². The molecule has 1 aromatic rings. The topological polar surface area (TPSA) is 88.5 Å². The smallest absolute Gasteiger partial charge is 0.326 e. The number of nitrogens with zero attached hydrogens (tertiary/aromatic N) is 1. The highest BCUT2D eigenvalue weighted by Crippen LogP contribution is 2.21. The lowest BCUT2D eigenvalue weighted by atomic mass is 10.2. The summed E-state index contributed by atoms with van der Waals surface area (Å²) >= 11 is 1.28. The maximum atomic E-state index is 11.9. The van der Waals surface area contributed by atoms with E-state index in [4.69, 9.17) is 9.84 Å². The van der Waals surface area contributed by atoms with Gasteiger partial charge in [0.15, 0.2) is 0 Å². The van der Waals surface area contributed by atoms with Crippen molar-refractivity contribution >= 4 is 23.2 Å². The van der Waals surface area contributed by atoms with Crippen LogP contribution in [0.3, 0.4) is 0 Å². The van der Waals surface area contributed by atoms with E-state index in [-0.39, 0.29) is 18.9 Å². The highest BCUT2D eigenvalue weighted by Gasteiger charge is 2.21. The molecule has 19 heavy (non-hydrogen) atoms. The Morgan fingerprint density at radius 1 is 1.53 bits per heavy atom. The Morgan fingerprint density at radius 3 is 2.68 bits per heavy atom. The molecular formula is C12H18N2O4S. The first kappa shape index (κ1) is 15.6. The first-order valence-electron chi connectivity index (χ1n) is 5.94. The third-order valence-electron chi connectivity index (χ3n) is 2.46. The van der Waals surface area contributed by atoms with Crippen LogP contribution in [0.4, 0.5) is 0 Å². The highest BCUT2D eigenvalue weighted by atomic mass is 32.1. The Hall–Kier alpha value is -1.47. The average molecular weight is 286 g/mol. The lowest BCUT2D eigenvalue weighted by Gasteiger charge is -2.12. The molecular weight excluding hydrogens is 268 g/mol. The zero-order chi connectivity index (χ0) is 14.4. The number of thiazole rings is 1. The third-order valence-corrected chi connectivity index (χ3v) is 3.75. The summed E-state index contributed by atoms with van der Waals surface area (Å²) < 4.78 is 4.82. The molecule has 6 nitrogen and oxygen atoms in total. The van der Waals surface area contributed by atoms with Crippen LogP contribution in [-0.4, -0.2) is 41.7 Å². The number of aromatic nitrogens is 1. The fourth-order valence-electron chi connectivity index (χ4n) is 1.38. The Balaban J connectivity index is 2.67. The number of hydrogen-bond acceptors (Lipinski definition) is 5. The van der Waals surface area contributed by atoms with E-state index in [1.165, 1.54) is 24.6 Å². The van der Waals surface area contributed by atoms with Crippen LogP contribution >= 0.6 is 11.3 Å². The summed E-state index contributed by atoms with van der Waals surface area (Å²) in [7, 11) is 1.48. The average Bonchev–Trinajstić information content (AvgIpc) is 2.83. The van der Waals surface area contributed by atoms with Crippen molar-refractivity contribution in [2.75, 3.05) is 13.7 Å². The van der Waals surface area contributed by atoms with Crippen molar-refractivity contribution in [3.8, 4) is 0 Å². The Morgan fingerprint density at radius 2 is 2.21 bits per heavy atom. The van der Waals surface area contributed by atoms with Gasteiger partial charge in [-0.2, -0.15) is 0 Å². The summed E-state index contributed by atoms with van der Waals surface area (Å²) in [5.41, 5.74) is 0. The number of carboxylic acids is 1. The van der Waals surface area contributed by atoms with Gasteiger partial charge in [-0.25, -0.2) is 9.78 Å². The SMILES string of the molecule is COCCC(NC(=O)c1cnc(C(C)C)s1)C(=O)O. The molecule has 0 aliphatic carbocycles. The number of carbonyl (C=O) groups excluding carboxylic acids is 1. The van der Waals surface area contributed by atoms with Crippen molar-refractivity contribution in [1.82, 2.24) is 10.3 Å². The second-order valence-corrected chi connectivity index (χ2v) is 5.43. The second-order valence-electron chi connectivity index (χ2n) is 4.36. The lowest BCUT2D eigenvalue weighted by molar-refractivity contribution is -0.139. The summed E-state index contributed by atoms with van der Waals surface area (Å²) in [6.07, 6.45) is 1.71. The number of hydrogen-bond donors (Lipinski definition) is 2. The zero-order valence-electron chi connectivity index (χ0n) is 11.2. The van der Waals surface area contributed by atoms with Gasteiger partial charge in [-0.1, -0.05) is 13.8 Å². The molecule has 0 saturated heterocycles. The van der Waals surface area contributed by atoms with E-state index in [9.17, 15) is 9.59 Å². The molecule has 0 saturated carbocycles. The second kappa shape index (κ2) is 7.20. The van der Waals surface area contributed by atoms with Crippen LogP contribution in [-0.2, 0) is 9.53 Å². The predicted molar refractivity (Wildman–Crippen MR) is 71.6 cm³/mol. The van der Waals surface area contributed by atoms with Crippen molar-refractivity contribution in [2.24, 2.45) is 0 Å². The monoisotopic (exact) mass is 286 g/mol. The number of ether oxygens (including phenoxy) is 1. The third kappa shape index (κ3) is 4.60. The summed E-state index contributed by atoms with van der Waals surface area (Å²) in [5.74, 6) is -1.23. The van der Waals surface area contributed by atoms with Crippen molar-refractivity contribution in [3.05, 3.63) is 16.1 Å².